The summed E-state index contributed by atoms with van der Waals surface area (Å²) in [6.45, 7) is 5.55. The second-order valence-corrected chi connectivity index (χ2v) is 5.24. The Labute approximate surface area is 127 Å². The van der Waals surface area contributed by atoms with Crippen molar-refractivity contribution in [2.75, 3.05) is 0 Å². The molecule has 22 heavy (non-hydrogen) atoms. The lowest BCUT2D eigenvalue weighted by Crippen LogP contribution is -2.27. The van der Waals surface area contributed by atoms with Gasteiger partial charge in [0, 0.05) is 18.1 Å². The highest BCUT2D eigenvalue weighted by molar-refractivity contribution is 6.06. The van der Waals surface area contributed by atoms with E-state index in [0.717, 1.165) is 5.56 Å². The Morgan fingerprint density at radius 3 is 2.73 bits per heavy atom. The van der Waals surface area contributed by atoms with Crippen LogP contribution in [-0.4, -0.2) is 21.0 Å². The fraction of sp³-hybridized carbons (Fsp3) is 0.250. The number of hydrogen-bond acceptors (Lipinski definition) is 5. The number of nitrogens with zero attached hydrogens (tertiary/aromatic N) is 3. The maximum atomic E-state index is 12.6. The van der Waals surface area contributed by atoms with Crippen molar-refractivity contribution in [3.05, 3.63) is 53.1 Å². The first-order valence-electron chi connectivity index (χ1n) is 7.00. The van der Waals surface area contributed by atoms with Gasteiger partial charge in [0.2, 0.25) is 0 Å². The second-order valence-electron chi connectivity index (χ2n) is 5.24. The molecule has 112 valence electrons. The van der Waals surface area contributed by atoms with Crippen LogP contribution in [0.4, 0.5) is 0 Å². The third-order valence-electron chi connectivity index (χ3n) is 3.54. The summed E-state index contributed by atoms with van der Waals surface area (Å²) in [6.07, 6.45) is 3.41. The van der Waals surface area contributed by atoms with Crippen LogP contribution in [0.1, 0.15) is 40.3 Å². The first kappa shape index (κ1) is 14.2. The van der Waals surface area contributed by atoms with Crippen molar-refractivity contribution in [3.63, 3.8) is 0 Å². The van der Waals surface area contributed by atoms with Crippen LogP contribution in [0.5, 0.6) is 0 Å². The van der Waals surface area contributed by atoms with Crippen LogP contribution in [0.15, 0.2) is 35.1 Å². The minimum atomic E-state index is -0.175. The van der Waals surface area contributed by atoms with Crippen molar-refractivity contribution in [2.45, 2.75) is 26.8 Å². The van der Waals surface area contributed by atoms with E-state index in [1.807, 2.05) is 26.0 Å². The Kier molecular flexibility index (Phi) is 3.58. The summed E-state index contributed by atoms with van der Waals surface area (Å²) in [4.78, 5) is 20.9. The molecule has 3 rings (SSSR count). The van der Waals surface area contributed by atoms with Gasteiger partial charge in [-0.1, -0.05) is 5.16 Å². The number of aryl methyl sites for hydroxylation is 2. The highest BCUT2D eigenvalue weighted by atomic mass is 16.5. The van der Waals surface area contributed by atoms with Gasteiger partial charge >= 0.3 is 0 Å². The Balaban J connectivity index is 1.94. The van der Waals surface area contributed by atoms with Gasteiger partial charge < -0.3 is 9.84 Å². The molecule has 0 aliphatic rings. The molecule has 0 saturated heterocycles. The lowest BCUT2D eigenvalue weighted by molar-refractivity contribution is 0.0941. The van der Waals surface area contributed by atoms with Gasteiger partial charge in [0.25, 0.3) is 11.6 Å². The van der Waals surface area contributed by atoms with Gasteiger partial charge in [0.1, 0.15) is 0 Å². The molecule has 0 radical (unpaired) electrons. The minimum Gasteiger partial charge on any atom is -0.345 e. The fourth-order valence-corrected chi connectivity index (χ4v) is 2.41. The van der Waals surface area contributed by atoms with Crippen LogP contribution in [0.3, 0.4) is 0 Å². The van der Waals surface area contributed by atoms with E-state index in [0.29, 0.717) is 28.1 Å². The van der Waals surface area contributed by atoms with E-state index in [2.05, 4.69) is 20.4 Å². The largest absolute Gasteiger partial charge is 0.345 e. The number of carbonyl (C=O) groups excluding carboxylic acids is 1. The van der Waals surface area contributed by atoms with Gasteiger partial charge in [-0.05, 0) is 44.5 Å². The molecule has 0 bridgehead atoms. The maximum Gasteiger partial charge on any atom is 0.258 e. The summed E-state index contributed by atoms with van der Waals surface area (Å²) >= 11 is 0. The molecule has 1 atom stereocenters. The SMILES string of the molecule is Cc1cc(C(=O)NC(C)c2ccncc2)c2c(C)noc2n1. The number of amides is 1. The smallest absolute Gasteiger partial charge is 0.258 e. The lowest BCUT2D eigenvalue weighted by Gasteiger charge is -2.14. The molecular weight excluding hydrogens is 280 g/mol. The number of aromatic nitrogens is 3. The van der Waals surface area contributed by atoms with Gasteiger partial charge in [0.15, 0.2) is 0 Å². The predicted molar refractivity (Wildman–Crippen MR) is 81.4 cm³/mol. The second kappa shape index (κ2) is 5.55. The molecule has 6 nitrogen and oxygen atoms in total. The van der Waals surface area contributed by atoms with Crippen LogP contribution < -0.4 is 5.32 Å². The van der Waals surface area contributed by atoms with Crippen molar-refractivity contribution in [2.24, 2.45) is 0 Å². The number of rotatable bonds is 3. The van der Waals surface area contributed by atoms with Crippen molar-refractivity contribution >= 4 is 17.0 Å². The Morgan fingerprint density at radius 1 is 1.27 bits per heavy atom. The highest BCUT2D eigenvalue weighted by Crippen LogP contribution is 2.22. The lowest BCUT2D eigenvalue weighted by atomic mass is 10.1. The Bertz CT molecular complexity index is 827. The van der Waals surface area contributed by atoms with Crippen molar-refractivity contribution in [1.29, 1.82) is 0 Å². The van der Waals surface area contributed by atoms with Gasteiger partial charge in [-0.15, -0.1) is 0 Å². The van der Waals surface area contributed by atoms with E-state index in [4.69, 9.17) is 4.52 Å². The molecule has 0 aliphatic heterocycles. The summed E-state index contributed by atoms with van der Waals surface area (Å²) in [5.41, 5.74) is 3.28. The predicted octanol–water partition coefficient (Wildman–Crippen LogP) is 2.73. The molecular formula is C16H16N4O2. The molecule has 0 spiro atoms. The molecule has 0 aliphatic carbocycles. The van der Waals surface area contributed by atoms with E-state index in [9.17, 15) is 4.79 Å². The molecule has 3 aromatic heterocycles. The zero-order chi connectivity index (χ0) is 15.7. The first-order valence-corrected chi connectivity index (χ1v) is 7.00. The Hall–Kier alpha value is -2.76. The first-order chi connectivity index (χ1) is 10.6. The van der Waals surface area contributed by atoms with Crippen molar-refractivity contribution in [1.82, 2.24) is 20.4 Å². The molecule has 0 aromatic carbocycles. The number of hydrogen-bond donors (Lipinski definition) is 1. The summed E-state index contributed by atoms with van der Waals surface area (Å²) in [6, 6.07) is 5.38. The van der Waals surface area contributed by atoms with Crippen LogP contribution in [0.2, 0.25) is 0 Å². The standard InChI is InChI=1S/C16H16N4O2/c1-9-8-13(14-11(3)20-22-16(14)18-9)15(21)19-10(2)12-4-6-17-7-5-12/h4-8,10H,1-3H3,(H,19,21). The van der Waals surface area contributed by atoms with E-state index < -0.39 is 0 Å². The topological polar surface area (TPSA) is 80.9 Å². The number of pyridine rings is 2. The monoisotopic (exact) mass is 296 g/mol. The van der Waals surface area contributed by atoms with Crippen LogP contribution >= 0.6 is 0 Å². The van der Waals surface area contributed by atoms with Gasteiger partial charge in [-0.2, -0.15) is 0 Å². The van der Waals surface area contributed by atoms with Gasteiger partial charge in [0.05, 0.1) is 22.7 Å². The quantitative estimate of drug-likeness (QED) is 0.803. The van der Waals surface area contributed by atoms with E-state index >= 15 is 0 Å². The number of nitrogens with one attached hydrogen (secondary N) is 1. The van der Waals surface area contributed by atoms with Crippen LogP contribution in [0.25, 0.3) is 11.1 Å². The molecule has 0 saturated carbocycles. The zero-order valence-corrected chi connectivity index (χ0v) is 12.6. The third-order valence-corrected chi connectivity index (χ3v) is 3.54. The summed E-state index contributed by atoms with van der Waals surface area (Å²) in [7, 11) is 0. The van der Waals surface area contributed by atoms with Crippen LogP contribution in [0, 0.1) is 13.8 Å². The molecule has 0 fully saturated rings. The summed E-state index contributed by atoms with van der Waals surface area (Å²) in [5.74, 6) is -0.175. The molecule has 3 aromatic rings. The maximum absolute atomic E-state index is 12.6. The zero-order valence-electron chi connectivity index (χ0n) is 12.6. The average Bonchev–Trinajstić information content (AvgIpc) is 2.88. The van der Waals surface area contributed by atoms with E-state index in [1.54, 1.807) is 25.4 Å². The van der Waals surface area contributed by atoms with Crippen LogP contribution in [-0.2, 0) is 0 Å². The normalized spacial score (nSPS) is 12.3. The van der Waals surface area contributed by atoms with E-state index in [1.165, 1.54) is 0 Å². The van der Waals surface area contributed by atoms with Crippen molar-refractivity contribution < 1.29 is 9.32 Å². The van der Waals surface area contributed by atoms with Gasteiger partial charge in [-0.25, -0.2) is 4.98 Å². The minimum absolute atomic E-state index is 0.126. The van der Waals surface area contributed by atoms with Crippen molar-refractivity contribution in [3.8, 4) is 0 Å². The fourth-order valence-electron chi connectivity index (χ4n) is 2.41. The van der Waals surface area contributed by atoms with Gasteiger partial charge in [-0.3, -0.25) is 9.78 Å². The molecule has 1 unspecified atom stereocenters. The molecule has 3 heterocycles. The third kappa shape index (κ3) is 2.55. The number of carbonyl (C=O) groups is 1. The molecule has 6 heteroatoms. The number of fused-ring (bicyclic) bond motifs is 1. The van der Waals surface area contributed by atoms with E-state index in [-0.39, 0.29) is 11.9 Å². The summed E-state index contributed by atoms with van der Waals surface area (Å²) < 4.78 is 5.16. The highest BCUT2D eigenvalue weighted by Gasteiger charge is 2.19. The average molecular weight is 296 g/mol. The molecule has 1 N–H and O–H groups in total. The summed E-state index contributed by atoms with van der Waals surface area (Å²) in [5, 5.41) is 7.53. The molecule has 1 amide bonds. The Morgan fingerprint density at radius 2 is 2.00 bits per heavy atom.